The van der Waals surface area contributed by atoms with Gasteiger partial charge in [0.15, 0.2) is 5.82 Å². The Kier molecular flexibility index (Phi) is 5.76. The molecule has 4 heterocycles. The maximum Gasteiger partial charge on any atom is 0.250 e. The average molecular weight is 425 g/mol. The monoisotopic (exact) mass is 424 g/mol. The van der Waals surface area contributed by atoms with Gasteiger partial charge in [0.2, 0.25) is 21.9 Å². The van der Waals surface area contributed by atoms with Gasteiger partial charge >= 0.3 is 0 Å². The number of nitrogens with one attached hydrogen (secondary N) is 1. The zero-order valence-corrected chi connectivity index (χ0v) is 17.4. The van der Waals surface area contributed by atoms with Crippen molar-refractivity contribution in [3.8, 4) is 0 Å². The summed E-state index contributed by atoms with van der Waals surface area (Å²) in [5.41, 5.74) is 0. The van der Waals surface area contributed by atoms with Crippen molar-refractivity contribution in [2.75, 3.05) is 49.2 Å². The van der Waals surface area contributed by atoms with Crippen molar-refractivity contribution >= 4 is 33.3 Å². The van der Waals surface area contributed by atoms with E-state index in [0.29, 0.717) is 48.2 Å². The fourth-order valence-corrected chi connectivity index (χ4v) is 5.53. The Morgan fingerprint density at radius 3 is 2.29 bits per heavy atom. The van der Waals surface area contributed by atoms with Crippen LogP contribution in [-0.2, 0) is 21.3 Å². The second-order valence-electron chi connectivity index (χ2n) is 6.83. The lowest BCUT2D eigenvalue weighted by Gasteiger charge is -2.28. The number of nitrogens with zero attached hydrogens (tertiary/aromatic N) is 5. The topological polar surface area (TPSA) is 101 Å². The van der Waals surface area contributed by atoms with E-state index < -0.39 is 10.0 Å². The molecule has 0 radical (unpaired) electrons. The molecule has 0 aliphatic carbocycles. The summed E-state index contributed by atoms with van der Waals surface area (Å²) in [5.74, 6) is 1.63. The SMILES string of the molecule is Cc1ccc(S(=O)(=O)NCc2nc(N3CCCC3)nc(N3CCOCC3)n2)s1. The molecule has 9 nitrogen and oxygen atoms in total. The predicted octanol–water partition coefficient (Wildman–Crippen LogP) is 1.16. The molecule has 2 fully saturated rings. The molecule has 0 spiro atoms. The largest absolute Gasteiger partial charge is 0.378 e. The van der Waals surface area contributed by atoms with E-state index in [1.165, 1.54) is 11.3 Å². The van der Waals surface area contributed by atoms with E-state index in [4.69, 9.17) is 4.74 Å². The maximum atomic E-state index is 12.5. The van der Waals surface area contributed by atoms with Crippen LogP contribution in [0.1, 0.15) is 23.5 Å². The summed E-state index contributed by atoms with van der Waals surface area (Å²) in [6, 6.07) is 3.41. The smallest absolute Gasteiger partial charge is 0.250 e. The van der Waals surface area contributed by atoms with E-state index in [1.807, 2.05) is 6.92 Å². The van der Waals surface area contributed by atoms with Crippen LogP contribution in [0.25, 0.3) is 0 Å². The fourth-order valence-electron chi connectivity index (χ4n) is 3.22. The summed E-state index contributed by atoms with van der Waals surface area (Å²) in [6.07, 6.45) is 2.22. The molecule has 0 bridgehead atoms. The zero-order chi connectivity index (χ0) is 19.6. The van der Waals surface area contributed by atoms with Crippen LogP contribution in [0.2, 0.25) is 0 Å². The minimum absolute atomic E-state index is 0.0278. The maximum absolute atomic E-state index is 12.5. The van der Waals surface area contributed by atoms with Gasteiger partial charge in [-0.05, 0) is 31.9 Å². The normalized spacial score (nSPS) is 18.0. The van der Waals surface area contributed by atoms with E-state index in [0.717, 1.165) is 30.8 Å². The van der Waals surface area contributed by atoms with Gasteiger partial charge in [-0.1, -0.05) is 0 Å². The molecular formula is C17H24N6O3S2. The first-order valence-electron chi connectivity index (χ1n) is 9.40. The van der Waals surface area contributed by atoms with Crippen LogP contribution in [0.4, 0.5) is 11.9 Å². The number of sulfonamides is 1. The van der Waals surface area contributed by atoms with Crippen LogP contribution >= 0.6 is 11.3 Å². The van der Waals surface area contributed by atoms with Crippen molar-refractivity contribution in [3.05, 3.63) is 22.8 Å². The first-order chi connectivity index (χ1) is 13.5. The van der Waals surface area contributed by atoms with Gasteiger partial charge in [0.1, 0.15) is 4.21 Å². The number of rotatable bonds is 6. The Bertz CT molecular complexity index is 921. The second-order valence-corrected chi connectivity index (χ2v) is 10.1. The van der Waals surface area contributed by atoms with Crippen LogP contribution in [0.3, 0.4) is 0 Å². The molecule has 2 aliphatic heterocycles. The van der Waals surface area contributed by atoms with Gasteiger partial charge in [0.25, 0.3) is 0 Å². The molecule has 28 heavy (non-hydrogen) atoms. The van der Waals surface area contributed by atoms with E-state index in [2.05, 4.69) is 29.5 Å². The number of ether oxygens (including phenoxy) is 1. The Balaban J connectivity index is 1.57. The minimum Gasteiger partial charge on any atom is -0.378 e. The molecule has 1 N–H and O–H groups in total. The Labute approximate surface area is 168 Å². The van der Waals surface area contributed by atoms with Crippen molar-refractivity contribution in [2.24, 2.45) is 0 Å². The van der Waals surface area contributed by atoms with Gasteiger partial charge in [0, 0.05) is 31.1 Å². The predicted molar refractivity (Wildman–Crippen MR) is 107 cm³/mol. The first kappa shape index (κ1) is 19.5. The summed E-state index contributed by atoms with van der Waals surface area (Å²) < 4.78 is 33.4. The highest BCUT2D eigenvalue weighted by atomic mass is 32.2. The molecule has 0 amide bonds. The summed E-state index contributed by atoms with van der Waals surface area (Å²) in [6.45, 7) is 6.41. The lowest BCUT2D eigenvalue weighted by atomic mass is 10.4. The average Bonchev–Trinajstić information content (AvgIpc) is 3.39. The summed E-state index contributed by atoms with van der Waals surface area (Å²) in [4.78, 5) is 18.8. The molecule has 11 heteroatoms. The molecule has 0 aromatic carbocycles. The number of anilines is 2. The summed E-state index contributed by atoms with van der Waals surface area (Å²) in [7, 11) is -3.59. The highest BCUT2D eigenvalue weighted by molar-refractivity contribution is 7.91. The van der Waals surface area contributed by atoms with Crippen molar-refractivity contribution in [2.45, 2.75) is 30.5 Å². The van der Waals surface area contributed by atoms with E-state index >= 15 is 0 Å². The van der Waals surface area contributed by atoms with Gasteiger partial charge in [-0.2, -0.15) is 15.0 Å². The molecule has 0 saturated carbocycles. The third-order valence-electron chi connectivity index (χ3n) is 4.74. The van der Waals surface area contributed by atoms with Crippen LogP contribution in [0.15, 0.2) is 16.3 Å². The first-order valence-corrected chi connectivity index (χ1v) is 11.7. The van der Waals surface area contributed by atoms with Crippen LogP contribution < -0.4 is 14.5 Å². The molecule has 152 valence electrons. The van der Waals surface area contributed by atoms with Crippen molar-refractivity contribution < 1.29 is 13.2 Å². The molecule has 2 saturated heterocycles. The van der Waals surface area contributed by atoms with Crippen LogP contribution in [0.5, 0.6) is 0 Å². The third kappa shape index (κ3) is 4.43. The number of aromatic nitrogens is 3. The summed E-state index contributed by atoms with van der Waals surface area (Å²) >= 11 is 1.25. The minimum atomic E-state index is -3.59. The lowest BCUT2D eigenvalue weighted by Crippen LogP contribution is -2.38. The van der Waals surface area contributed by atoms with Crippen LogP contribution in [0, 0.1) is 6.92 Å². The van der Waals surface area contributed by atoms with E-state index in [-0.39, 0.29) is 6.54 Å². The standard InChI is InChI=1S/C17H24N6O3S2/c1-13-4-5-15(27-13)28(24,25)18-12-14-19-16(22-6-2-3-7-22)21-17(20-14)23-8-10-26-11-9-23/h4-5,18H,2-3,6-12H2,1H3. The number of thiophene rings is 1. The highest BCUT2D eigenvalue weighted by Gasteiger charge is 2.22. The molecular weight excluding hydrogens is 400 g/mol. The Hall–Kier alpha value is -1.82. The van der Waals surface area contributed by atoms with Crippen molar-refractivity contribution in [1.29, 1.82) is 0 Å². The quantitative estimate of drug-likeness (QED) is 0.737. The van der Waals surface area contributed by atoms with Crippen LogP contribution in [-0.4, -0.2) is 62.8 Å². The zero-order valence-electron chi connectivity index (χ0n) is 15.8. The Morgan fingerprint density at radius 2 is 1.68 bits per heavy atom. The van der Waals surface area contributed by atoms with Gasteiger partial charge in [0.05, 0.1) is 19.8 Å². The van der Waals surface area contributed by atoms with Gasteiger partial charge in [-0.25, -0.2) is 13.1 Å². The van der Waals surface area contributed by atoms with Gasteiger partial charge in [-0.3, -0.25) is 0 Å². The second kappa shape index (κ2) is 8.27. The molecule has 4 rings (SSSR count). The number of hydrogen-bond donors (Lipinski definition) is 1. The molecule has 0 unspecified atom stereocenters. The van der Waals surface area contributed by atoms with Crippen molar-refractivity contribution in [3.63, 3.8) is 0 Å². The van der Waals surface area contributed by atoms with E-state index in [1.54, 1.807) is 12.1 Å². The summed E-state index contributed by atoms with van der Waals surface area (Å²) in [5, 5.41) is 0. The number of aryl methyl sites for hydroxylation is 1. The number of hydrogen-bond acceptors (Lipinski definition) is 9. The molecule has 0 atom stereocenters. The van der Waals surface area contributed by atoms with Gasteiger partial charge < -0.3 is 14.5 Å². The third-order valence-corrected chi connectivity index (χ3v) is 7.64. The molecule has 2 aromatic heterocycles. The van der Waals surface area contributed by atoms with Gasteiger partial charge in [-0.15, -0.1) is 11.3 Å². The fraction of sp³-hybridized carbons (Fsp3) is 0.588. The number of morpholine rings is 1. The van der Waals surface area contributed by atoms with Crippen molar-refractivity contribution in [1.82, 2.24) is 19.7 Å². The Morgan fingerprint density at radius 1 is 1.04 bits per heavy atom. The highest BCUT2D eigenvalue weighted by Crippen LogP contribution is 2.22. The van der Waals surface area contributed by atoms with E-state index in [9.17, 15) is 8.42 Å². The molecule has 2 aliphatic rings. The molecule has 2 aromatic rings. The lowest BCUT2D eigenvalue weighted by molar-refractivity contribution is 0.122.